The maximum atomic E-state index is 13.1. The summed E-state index contributed by atoms with van der Waals surface area (Å²) in [6, 6.07) is 6.75. The van der Waals surface area contributed by atoms with Crippen molar-refractivity contribution >= 4 is 0 Å². The summed E-state index contributed by atoms with van der Waals surface area (Å²) in [5.74, 6) is -0.165. The molecule has 0 aromatic heterocycles. The fourth-order valence-electron chi connectivity index (χ4n) is 1.23. The highest BCUT2D eigenvalue weighted by Crippen LogP contribution is 2.05. The summed E-state index contributed by atoms with van der Waals surface area (Å²) >= 11 is 0. The highest BCUT2D eigenvalue weighted by Gasteiger charge is 1.98. The lowest BCUT2D eigenvalue weighted by molar-refractivity contribution is 0.283. The Balaban J connectivity index is 2.21. The number of halogens is 1. The topological polar surface area (TPSA) is 32.3 Å². The Kier molecular flexibility index (Phi) is 5.19. The quantitative estimate of drug-likeness (QED) is 0.680. The maximum absolute atomic E-state index is 13.1. The van der Waals surface area contributed by atoms with E-state index in [1.54, 1.807) is 12.1 Å². The maximum Gasteiger partial charge on any atom is 0.127 e. The van der Waals surface area contributed by atoms with E-state index in [1.807, 2.05) is 6.07 Å². The van der Waals surface area contributed by atoms with Gasteiger partial charge in [-0.25, -0.2) is 4.39 Å². The van der Waals surface area contributed by atoms with Crippen LogP contribution in [0.5, 0.6) is 0 Å². The van der Waals surface area contributed by atoms with E-state index < -0.39 is 0 Å². The third-order valence-corrected chi connectivity index (χ3v) is 2.03. The Morgan fingerprint density at radius 3 is 2.71 bits per heavy atom. The van der Waals surface area contributed by atoms with Gasteiger partial charge in [-0.2, -0.15) is 0 Å². The Hall–Kier alpha value is -0.930. The first-order valence-electron chi connectivity index (χ1n) is 4.89. The van der Waals surface area contributed by atoms with Crippen molar-refractivity contribution < 1.29 is 9.50 Å². The highest BCUT2D eigenvalue weighted by molar-refractivity contribution is 5.16. The summed E-state index contributed by atoms with van der Waals surface area (Å²) in [5, 5.41) is 11.7. The van der Waals surface area contributed by atoms with Crippen molar-refractivity contribution in [2.45, 2.75) is 19.4 Å². The number of aliphatic hydroxyl groups excluding tert-OH is 1. The third kappa shape index (κ3) is 3.85. The number of hydrogen-bond donors (Lipinski definition) is 2. The number of aliphatic hydroxyl groups is 1. The van der Waals surface area contributed by atoms with Crippen LogP contribution in [0.25, 0.3) is 0 Å². The zero-order valence-corrected chi connectivity index (χ0v) is 8.17. The smallest absolute Gasteiger partial charge is 0.127 e. The van der Waals surface area contributed by atoms with Gasteiger partial charge in [0.1, 0.15) is 5.82 Å². The van der Waals surface area contributed by atoms with Gasteiger partial charge < -0.3 is 10.4 Å². The van der Waals surface area contributed by atoms with Crippen molar-refractivity contribution in [3.8, 4) is 0 Å². The van der Waals surface area contributed by atoms with Crippen LogP contribution < -0.4 is 5.32 Å². The van der Waals surface area contributed by atoms with Gasteiger partial charge in [0.25, 0.3) is 0 Å². The zero-order valence-electron chi connectivity index (χ0n) is 8.17. The van der Waals surface area contributed by atoms with E-state index in [0.717, 1.165) is 19.4 Å². The lowest BCUT2D eigenvalue weighted by atomic mass is 10.2. The molecule has 1 aromatic rings. The van der Waals surface area contributed by atoms with Crippen molar-refractivity contribution in [3.63, 3.8) is 0 Å². The third-order valence-electron chi connectivity index (χ3n) is 2.03. The molecule has 0 fully saturated rings. The van der Waals surface area contributed by atoms with E-state index in [1.165, 1.54) is 6.07 Å². The van der Waals surface area contributed by atoms with Gasteiger partial charge in [-0.15, -0.1) is 0 Å². The molecule has 0 unspecified atom stereocenters. The molecule has 14 heavy (non-hydrogen) atoms. The minimum Gasteiger partial charge on any atom is -0.396 e. The summed E-state index contributed by atoms with van der Waals surface area (Å²) in [5.41, 5.74) is 0.691. The highest BCUT2D eigenvalue weighted by atomic mass is 19.1. The molecule has 0 radical (unpaired) electrons. The van der Waals surface area contributed by atoms with Gasteiger partial charge in [0.2, 0.25) is 0 Å². The molecular formula is C11H16FNO. The monoisotopic (exact) mass is 197 g/mol. The van der Waals surface area contributed by atoms with Crippen molar-refractivity contribution in [2.24, 2.45) is 0 Å². The molecule has 0 spiro atoms. The molecule has 78 valence electrons. The summed E-state index contributed by atoms with van der Waals surface area (Å²) < 4.78 is 13.1. The first kappa shape index (κ1) is 11.1. The summed E-state index contributed by atoms with van der Waals surface area (Å²) in [6.45, 7) is 1.59. The van der Waals surface area contributed by atoms with E-state index >= 15 is 0 Å². The first-order chi connectivity index (χ1) is 6.84. The lowest BCUT2D eigenvalue weighted by Crippen LogP contribution is -2.15. The first-order valence-corrected chi connectivity index (χ1v) is 4.89. The number of unbranched alkanes of at least 4 members (excludes halogenated alkanes) is 1. The number of rotatable bonds is 6. The van der Waals surface area contributed by atoms with E-state index in [4.69, 9.17) is 5.11 Å². The fraction of sp³-hybridized carbons (Fsp3) is 0.455. The summed E-state index contributed by atoms with van der Waals surface area (Å²) in [4.78, 5) is 0. The average molecular weight is 197 g/mol. The predicted octanol–water partition coefficient (Wildman–Crippen LogP) is 1.69. The molecule has 1 rings (SSSR count). The minimum atomic E-state index is -0.165. The lowest BCUT2D eigenvalue weighted by Gasteiger charge is -2.04. The summed E-state index contributed by atoms with van der Waals surface area (Å²) in [7, 11) is 0. The van der Waals surface area contributed by atoms with Gasteiger partial charge in [-0.3, -0.25) is 0 Å². The normalized spacial score (nSPS) is 10.4. The van der Waals surface area contributed by atoms with Crippen LogP contribution in [-0.2, 0) is 6.54 Å². The Bertz CT molecular complexity index is 265. The van der Waals surface area contributed by atoms with Crippen LogP contribution in [0.1, 0.15) is 18.4 Å². The Labute approximate surface area is 83.8 Å². The Morgan fingerprint density at radius 2 is 2.00 bits per heavy atom. The molecule has 2 nitrogen and oxygen atoms in total. The predicted molar refractivity (Wildman–Crippen MR) is 54.4 cm³/mol. The summed E-state index contributed by atoms with van der Waals surface area (Å²) in [6.07, 6.45) is 1.72. The standard InChI is InChI=1S/C11H16FNO/c12-11-6-2-1-5-10(11)9-13-7-3-4-8-14/h1-2,5-6,13-14H,3-4,7-9H2. The van der Waals surface area contributed by atoms with Gasteiger partial charge in [-0.1, -0.05) is 18.2 Å². The van der Waals surface area contributed by atoms with Gasteiger partial charge in [0.15, 0.2) is 0 Å². The van der Waals surface area contributed by atoms with Gasteiger partial charge >= 0.3 is 0 Å². The van der Waals surface area contributed by atoms with Crippen molar-refractivity contribution in [3.05, 3.63) is 35.6 Å². The molecular weight excluding hydrogens is 181 g/mol. The molecule has 1 aromatic carbocycles. The van der Waals surface area contributed by atoms with Crippen LogP contribution in [0.15, 0.2) is 24.3 Å². The van der Waals surface area contributed by atoms with E-state index in [0.29, 0.717) is 12.1 Å². The largest absolute Gasteiger partial charge is 0.396 e. The minimum absolute atomic E-state index is 0.165. The van der Waals surface area contributed by atoms with Gasteiger partial charge in [0, 0.05) is 18.7 Å². The van der Waals surface area contributed by atoms with E-state index in [-0.39, 0.29) is 12.4 Å². The second kappa shape index (κ2) is 6.51. The van der Waals surface area contributed by atoms with Crippen LogP contribution in [0.3, 0.4) is 0 Å². The zero-order chi connectivity index (χ0) is 10.2. The molecule has 0 saturated carbocycles. The fourth-order valence-corrected chi connectivity index (χ4v) is 1.23. The van der Waals surface area contributed by atoms with Crippen LogP contribution in [0.2, 0.25) is 0 Å². The van der Waals surface area contributed by atoms with E-state index in [9.17, 15) is 4.39 Å². The molecule has 0 amide bonds. The molecule has 0 atom stereocenters. The van der Waals surface area contributed by atoms with E-state index in [2.05, 4.69) is 5.32 Å². The van der Waals surface area contributed by atoms with Crippen LogP contribution >= 0.6 is 0 Å². The molecule has 3 heteroatoms. The van der Waals surface area contributed by atoms with Crippen LogP contribution in [0.4, 0.5) is 4.39 Å². The van der Waals surface area contributed by atoms with Crippen molar-refractivity contribution in [1.29, 1.82) is 0 Å². The van der Waals surface area contributed by atoms with Crippen LogP contribution in [-0.4, -0.2) is 18.3 Å². The number of nitrogens with one attached hydrogen (secondary N) is 1. The molecule has 0 aliphatic carbocycles. The number of benzene rings is 1. The van der Waals surface area contributed by atoms with Gasteiger partial charge in [-0.05, 0) is 25.5 Å². The molecule has 0 saturated heterocycles. The molecule has 0 aliphatic rings. The SMILES string of the molecule is OCCCCNCc1ccccc1F. The molecule has 0 bridgehead atoms. The molecule has 0 heterocycles. The molecule has 2 N–H and O–H groups in total. The van der Waals surface area contributed by atoms with Gasteiger partial charge in [0.05, 0.1) is 0 Å². The van der Waals surface area contributed by atoms with Crippen molar-refractivity contribution in [2.75, 3.05) is 13.2 Å². The number of hydrogen-bond acceptors (Lipinski definition) is 2. The second-order valence-corrected chi connectivity index (χ2v) is 3.20. The second-order valence-electron chi connectivity index (χ2n) is 3.20. The molecule has 0 aliphatic heterocycles. The Morgan fingerprint density at radius 1 is 1.21 bits per heavy atom. The van der Waals surface area contributed by atoms with Crippen molar-refractivity contribution in [1.82, 2.24) is 5.32 Å². The van der Waals surface area contributed by atoms with Crippen LogP contribution in [0, 0.1) is 5.82 Å². The average Bonchev–Trinajstić information content (AvgIpc) is 2.20.